The summed E-state index contributed by atoms with van der Waals surface area (Å²) in [5.74, 6) is 0. The van der Waals surface area contributed by atoms with Crippen LogP contribution in [-0.2, 0) is 35.1 Å². The topological polar surface area (TPSA) is 133 Å². The fourth-order valence-electron chi connectivity index (χ4n) is 3.48. The molecule has 0 aliphatic rings. The van der Waals surface area contributed by atoms with Gasteiger partial charge in [-0.05, 0) is 63.6 Å². The molecule has 1 heterocycles. The van der Waals surface area contributed by atoms with E-state index in [1.165, 1.54) is 28.8 Å². The maximum absolute atomic E-state index is 13.0. The Bertz CT molecular complexity index is 1570. The first-order chi connectivity index (χ1) is 16.8. The second-order valence-electron chi connectivity index (χ2n) is 8.41. The molecule has 190 valence electrons. The van der Waals surface area contributed by atoms with Crippen molar-refractivity contribution in [2.45, 2.75) is 50.1 Å². The molecule has 0 spiro atoms. The van der Waals surface area contributed by atoms with Gasteiger partial charge in [0.15, 0.2) is 0 Å². The highest BCUT2D eigenvalue weighted by atomic mass is 32.2. The Kier molecular flexibility index (Phi) is 8.15. The largest absolute Gasteiger partial charge is 0.309 e. The first-order valence-electron chi connectivity index (χ1n) is 10.9. The number of aryl methyl sites for hydroxylation is 4. The summed E-state index contributed by atoms with van der Waals surface area (Å²) < 4.78 is 63.0. The van der Waals surface area contributed by atoms with Crippen LogP contribution in [0.25, 0.3) is 0 Å². The van der Waals surface area contributed by atoms with Crippen molar-refractivity contribution >= 4 is 20.2 Å². The third-order valence-corrected chi connectivity index (χ3v) is 8.16. The van der Waals surface area contributed by atoms with E-state index in [0.717, 1.165) is 11.1 Å². The Hall–Kier alpha value is -3.30. The van der Waals surface area contributed by atoms with Gasteiger partial charge in [-0.3, -0.25) is 13.2 Å². The Balaban J connectivity index is 1.97. The van der Waals surface area contributed by atoms with Crippen LogP contribution in [0, 0.1) is 39.0 Å². The van der Waals surface area contributed by atoms with E-state index in [0.29, 0.717) is 11.3 Å². The molecule has 0 radical (unpaired) electrons. The predicted octanol–water partition coefficient (Wildman–Crippen LogP) is 3.13. The molecule has 1 aromatic heterocycles. The molecule has 0 saturated carbocycles. The third-order valence-electron chi connectivity index (χ3n) is 5.49. The minimum atomic E-state index is -4.34. The van der Waals surface area contributed by atoms with Crippen LogP contribution in [0.15, 0.2) is 69.2 Å². The molecule has 36 heavy (non-hydrogen) atoms. The molecule has 0 N–H and O–H groups in total. The van der Waals surface area contributed by atoms with Crippen LogP contribution in [0.3, 0.4) is 0 Å². The first kappa shape index (κ1) is 27.3. The Morgan fingerprint density at radius 1 is 0.861 bits per heavy atom. The standard InChI is InChI=1S/C25H26N2O7S2/c1-17-5-9-22(10-6-17)35(29,30)33-16-21(34-36(31,32)23-11-7-18(2)8-12-23)15-27-20(4)13-19(3)24(14-26)25(27)28/h5-13,21H,15-16H2,1-4H3. The van der Waals surface area contributed by atoms with Gasteiger partial charge < -0.3 is 4.57 Å². The molecule has 0 aliphatic carbocycles. The lowest BCUT2D eigenvalue weighted by Crippen LogP contribution is -2.35. The summed E-state index contributed by atoms with van der Waals surface area (Å²) in [6, 6.07) is 15.3. The highest BCUT2D eigenvalue weighted by Gasteiger charge is 2.27. The van der Waals surface area contributed by atoms with E-state index < -0.39 is 38.5 Å². The van der Waals surface area contributed by atoms with Crippen LogP contribution in [-0.4, -0.2) is 34.1 Å². The van der Waals surface area contributed by atoms with E-state index in [-0.39, 0.29) is 21.9 Å². The van der Waals surface area contributed by atoms with Crippen LogP contribution < -0.4 is 5.56 Å². The summed E-state index contributed by atoms with van der Waals surface area (Å²) in [5.41, 5.74) is 1.86. The van der Waals surface area contributed by atoms with Gasteiger partial charge in [-0.25, -0.2) is 0 Å². The molecular weight excluding hydrogens is 504 g/mol. The van der Waals surface area contributed by atoms with Crippen molar-refractivity contribution in [2.24, 2.45) is 0 Å². The first-order valence-corrected chi connectivity index (χ1v) is 13.7. The Morgan fingerprint density at radius 2 is 1.36 bits per heavy atom. The highest BCUT2D eigenvalue weighted by molar-refractivity contribution is 7.87. The minimum absolute atomic E-state index is 0.103. The number of nitrogens with zero attached hydrogens (tertiary/aromatic N) is 2. The summed E-state index contributed by atoms with van der Waals surface area (Å²) in [7, 11) is -8.58. The highest BCUT2D eigenvalue weighted by Crippen LogP contribution is 2.19. The lowest BCUT2D eigenvalue weighted by molar-refractivity contribution is 0.120. The molecule has 0 amide bonds. The molecule has 0 bridgehead atoms. The number of pyridine rings is 1. The van der Waals surface area contributed by atoms with E-state index in [1.807, 2.05) is 6.07 Å². The van der Waals surface area contributed by atoms with Gasteiger partial charge in [0.2, 0.25) is 0 Å². The van der Waals surface area contributed by atoms with Crippen molar-refractivity contribution in [2.75, 3.05) is 6.61 Å². The van der Waals surface area contributed by atoms with Gasteiger partial charge in [0.25, 0.3) is 25.8 Å². The van der Waals surface area contributed by atoms with Crippen molar-refractivity contribution in [3.63, 3.8) is 0 Å². The van der Waals surface area contributed by atoms with Crippen molar-refractivity contribution in [3.05, 3.63) is 92.9 Å². The average Bonchev–Trinajstić information content (AvgIpc) is 2.80. The van der Waals surface area contributed by atoms with Crippen LogP contribution in [0.4, 0.5) is 0 Å². The molecule has 2 aromatic carbocycles. The van der Waals surface area contributed by atoms with Gasteiger partial charge in [-0.2, -0.15) is 22.1 Å². The molecule has 1 unspecified atom stereocenters. The van der Waals surface area contributed by atoms with Crippen molar-refractivity contribution in [3.8, 4) is 6.07 Å². The molecule has 3 aromatic rings. The lowest BCUT2D eigenvalue weighted by atomic mass is 10.1. The van der Waals surface area contributed by atoms with Crippen LogP contribution in [0.5, 0.6) is 0 Å². The van der Waals surface area contributed by atoms with E-state index in [9.17, 15) is 26.9 Å². The lowest BCUT2D eigenvalue weighted by Gasteiger charge is -2.21. The van der Waals surface area contributed by atoms with Gasteiger partial charge in [0.1, 0.15) is 17.7 Å². The van der Waals surface area contributed by atoms with Crippen LogP contribution in [0.1, 0.15) is 27.9 Å². The molecule has 0 saturated heterocycles. The Labute approximate surface area is 210 Å². The minimum Gasteiger partial charge on any atom is -0.309 e. The summed E-state index contributed by atoms with van der Waals surface area (Å²) in [6.07, 6.45) is -1.40. The number of rotatable bonds is 9. The third kappa shape index (κ3) is 6.27. The quantitative estimate of drug-likeness (QED) is 0.386. The molecule has 11 heteroatoms. The second kappa shape index (κ2) is 10.8. The zero-order valence-corrected chi connectivity index (χ0v) is 21.9. The maximum Gasteiger partial charge on any atom is 0.297 e. The Morgan fingerprint density at radius 3 is 1.86 bits per heavy atom. The zero-order valence-electron chi connectivity index (χ0n) is 20.3. The average molecular weight is 531 g/mol. The maximum atomic E-state index is 13.0. The van der Waals surface area contributed by atoms with Crippen molar-refractivity contribution in [1.29, 1.82) is 5.26 Å². The number of nitriles is 1. The summed E-state index contributed by atoms with van der Waals surface area (Å²) in [5, 5.41) is 9.37. The monoisotopic (exact) mass is 530 g/mol. The fraction of sp³-hybridized carbons (Fsp3) is 0.280. The van der Waals surface area contributed by atoms with Gasteiger partial charge in [0.05, 0.1) is 22.9 Å². The molecule has 0 fully saturated rings. The van der Waals surface area contributed by atoms with E-state index in [2.05, 4.69) is 0 Å². The van der Waals surface area contributed by atoms with E-state index in [4.69, 9.17) is 8.37 Å². The van der Waals surface area contributed by atoms with E-state index >= 15 is 0 Å². The van der Waals surface area contributed by atoms with Crippen molar-refractivity contribution < 1.29 is 25.2 Å². The van der Waals surface area contributed by atoms with Gasteiger partial charge in [-0.15, -0.1) is 0 Å². The normalized spacial score (nSPS) is 12.8. The molecule has 1 atom stereocenters. The van der Waals surface area contributed by atoms with Crippen molar-refractivity contribution in [1.82, 2.24) is 4.57 Å². The van der Waals surface area contributed by atoms with Gasteiger partial charge in [0, 0.05) is 5.69 Å². The number of hydrogen-bond acceptors (Lipinski definition) is 8. The molecular formula is C25H26N2O7S2. The zero-order chi connectivity index (χ0) is 26.7. The number of benzene rings is 2. The summed E-state index contributed by atoms with van der Waals surface area (Å²) in [6.45, 7) is 5.77. The molecule has 0 aliphatic heterocycles. The van der Waals surface area contributed by atoms with Gasteiger partial charge in [-0.1, -0.05) is 35.4 Å². The predicted molar refractivity (Wildman–Crippen MR) is 132 cm³/mol. The second-order valence-corrected chi connectivity index (χ2v) is 11.6. The molecule has 3 rings (SSSR count). The van der Waals surface area contributed by atoms with E-state index in [1.54, 1.807) is 58.0 Å². The summed E-state index contributed by atoms with van der Waals surface area (Å²) in [4.78, 5) is 12.6. The smallest absolute Gasteiger partial charge is 0.297 e. The SMILES string of the molecule is Cc1ccc(S(=O)(=O)OCC(Cn2c(C)cc(C)c(C#N)c2=O)OS(=O)(=O)c2ccc(C)cc2)cc1. The number of hydrogen-bond donors (Lipinski definition) is 0. The van der Waals surface area contributed by atoms with Crippen LogP contribution >= 0.6 is 0 Å². The van der Waals surface area contributed by atoms with Crippen LogP contribution in [0.2, 0.25) is 0 Å². The fourth-order valence-corrected chi connectivity index (χ4v) is 5.47. The molecule has 9 nitrogen and oxygen atoms in total. The van der Waals surface area contributed by atoms with Gasteiger partial charge >= 0.3 is 0 Å². The summed E-state index contributed by atoms with van der Waals surface area (Å²) >= 11 is 0. The number of aromatic nitrogens is 1.